The Morgan fingerprint density at radius 3 is 2.82 bits per heavy atom. The number of hydrogen-bond acceptors (Lipinski definition) is 5. The van der Waals surface area contributed by atoms with E-state index in [1.54, 1.807) is 27.4 Å². The number of amides is 1. The van der Waals surface area contributed by atoms with Crippen molar-refractivity contribution in [3.8, 4) is 5.82 Å². The molecule has 140 valence electrons. The molecular weight excluding hydrogens is 361 g/mol. The van der Waals surface area contributed by atoms with Crippen LogP contribution in [0.15, 0.2) is 36.4 Å². The average Bonchev–Trinajstić information content (AvgIpc) is 3.21. The Hall–Kier alpha value is -3.62. The van der Waals surface area contributed by atoms with Crippen molar-refractivity contribution in [3.63, 3.8) is 0 Å². The van der Waals surface area contributed by atoms with E-state index in [4.69, 9.17) is 0 Å². The number of nitrogens with one attached hydrogen (secondary N) is 1. The van der Waals surface area contributed by atoms with E-state index in [1.807, 2.05) is 19.9 Å². The number of fused-ring (bicyclic) bond motifs is 2. The van der Waals surface area contributed by atoms with Crippen LogP contribution < -0.4 is 5.32 Å². The molecule has 0 radical (unpaired) electrons. The maximum atomic E-state index is 13.8. The van der Waals surface area contributed by atoms with E-state index >= 15 is 0 Å². The van der Waals surface area contributed by atoms with Gasteiger partial charge in [-0.15, -0.1) is 15.3 Å². The highest BCUT2D eigenvalue weighted by molar-refractivity contribution is 5.95. The van der Waals surface area contributed by atoms with Crippen LogP contribution in [0.4, 0.5) is 10.2 Å². The topological polar surface area (TPSA) is 90.0 Å². The normalized spacial score (nSPS) is 16.2. The molecule has 0 saturated heterocycles. The van der Waals surface area contributed by atoms with Crippen molar-refractivity contribution < 1.29 is 9.18 Å². The molecule has 0 bridgehead atoms. The highest BCUT2D eigenvalue weighted by Crippen LogP contribution is 2.40. The molecule has 1 N–H and O–H groups in total. The van der Waals surface area contributed by atoms with E-state index in [2.05, 4.69) is 25.7 Å². The molecule has 1 amide bonds. The van der Waals surface area contributed by atoms with E-state index in [1.165, 1.54) is 12.1 Å². The number of carbonyl (C=O) groups excluding carboxylic acids is 1. The Morgan fingerprint density at radius 1 is 1.14 bits per heavy atom. The molecule has 4 aromatic rings. The van der Waals surface area contributed by atoms with Gasteiger partial charge in [0.1, 0.15) is 11.6 Å². The van der Waals surface area contributed by atoms with Crippen LogP contribution in [0.3, 0.4) is 0 Å². The molecule has 28 heavy (non-hydrogen) atoms. The molecule has 1 aromatic carbocycles. The first-order chi connectivity index (χ1) is 13.5. The van der Waals surface area contributed by atoms with Gasteiger partial charge < -0.3 is 5.32 Å². The van der Waals surface area contributed by atoms with Crippen LogP contribution in [0.5, 0.6) is 0 Å². The number of halogens is 1. The first-order valence-corrected chi connectivity index (χ1v) is 8.85. The average molecular weight is 377 g/mol. The molecule has 9 heteroatoms. The Labute approximate surface area is 159 Å². The molecule has 0 spiro atoms. The van der Waals surface area contributed by atoms with Gasteiger partial charge in [-0.2, -0.15) is 14.3 Å². The number of nitrogens with zero attached hydrogens (tertiary/aromatic N) is 6. The summed E-state index contributed by atoms with van der Waals surface area (Å²) in [6.45, 7) is 3.68. The minimum Gasteiger partial charge on any atom is -0.310 e. The fourth-order valence-corrected chi connectivity index (χ4v) is 3.72. The summed E-state index contributed by atoms with van der Waals surface area (Å²) in [5.74, 6) is 0.986. The van der Waals surface area contributed by atoms with Gasteiger partial charge >= 0.3 is 0 Å². The third kappa shape index (κ3) is 2.47. The molecule has 0 unspecified atom stereocenters. The first-order valence-electron chi connectivity index (χ1n) is 8.85. The van der Waals surface area contributed by atoms with Crippen molar-refractivity contribution in [2.24, 2.45) is 0 Å². The van der Waals surface area contributed by atoms with Crippen molar-refractivity contribution in [2.45, 2.75) is 26.2 Å². The lowest BCUT2D eigenvalue weighted by molar-refractivity contribution is -0.116. The van der Waals surface area contributed by atoms with Crippen LogP contribution in [0, 0.1) is 19.7 Å². The van der Waals surface area contributed by atoms with E-state index in [0.717, 1.165) is 16.8 Å². The van der Waals surface area contributed by atoms with Crippen LogP contribution in [0.1, 0.15) is 35.0 Å². The third-order valence-corrected chi connectivity index (χ3v) is 4.98. The second-order valence-corrected chi connectivity index (χ2v) is 6.83. The molecule has 8 nitrogen and oxygen atoms in total. The Bertz CT molecular complexity index is 1240. The summed E-state index contributed by atoms with van der Waals surface area (Å²) in [4.78, 5) is 12.4. The summed E-state index contributed by atoms with van der Waals surface area (Å²) in [5.41, 5.74) is 3.00. The SMILES string of the molecule is Cc1nn(-c2ccc3nnc(C)n3n2)c2c1[C@H](c1cccc(F)c1)CC(=O)N2. The first kappa shape index (κ1) is 16.5. The van der Waals surface area contributed by atoms with Gasteiger partial charge in [-0.3, -0.25) is 4.79 Å². The zero-order chi connectivity index (χ0) is 19.4. The summed E-state index contributed by atoms with van der Waals surface area (Å²) >= 11 is 0. The number of rotatable bonds is 2. The quantitative estimate of drug-likeness (QED) is 0.580. The smallest absolute Gasteiger partial charge is 0.226 e. The van der Waals surface area contributed by atoms with E-state index in [-0.39, 0.29) is 24.1 Å². The monoisotopic (exact) mass is 377 g/mol. The molecular formula is C19H16FN7O. The van der Waals surface area contributed by atoms with Crippen molar-refractivity contribution in [3.05, 3.63) is 64.9 Å². The van der Waals surface area contributed by atoms with E-state index in [9.17, 15) is 9.18 Å². The van der Waals surface area contributed by atoms with Gasteiger partial charge in [-0.25, -0.2) is 4.39 Å². The number of anilines is 1. The highest BCUT2D eigenvalue weighted by atomic mass is 19.1. The Balaban J connectivity index is 1.69. The fraction of sp³-hybridized carbons (Fsp3) is 0.211. The molecule has 1 aliphatic heterocycles. The number of hydrogen-bond donors (Lipinski definition) is 1. The summed E-state index contributed by atoms with van der Waals surface area (Å²) in [7, 11) is 0. The van der Waals surface area contributed by atoms with Crippen LogP contribution in [-0.2, 0) is 4.79 Å². The van der Waals surface area contributed by atoms with Crippen molar-refractivity contribution in [1.29, 1.82) is 0 Å². The molecule has 4 heterocycles. The van der Waals surface area contributed by atoms with Crippen molar-refractivity contribution >= 4 is 17.4 Å². The molecule has 1 atom stereocenters. The van der Waals surface area contributed by atoms with Crippen LogP contribution in [0.25, 0.3) is 11.5 Å². The molecule has 3 aromatic heterocycles. The molecule has 1 aliphatic rings. The largest absolute Gasteiger partial charge is 0.310 e. The minimum atomic E-state index is -0.328. The van der Waals surface area contributed by atoms with Gasteiger partial charge in [0.25, 0.3) is 0 Å². The minimum absolute atomic E-state index is 0.149. The summed E-state index contributed by atoms with van der Waals surface area (Å²) in [6.07, 6.45) is 0.236. The maximum Gasteiger partial charge on any atom is 0.226 e. The third-order valence-electron chi connectivity index (χ3n) is 4.98. The van der Waals surface area contributed by atoms with Crippen LogP contribution in [-0.4, -0.2) is 35.5 Å². The zero-order valence-electron chi connectivity index (χ0n) is 15.2. The van der Waals surface area contributed by atoms with Crippen molar-refractivity contribution in [1.82, 2.24) is 29.6 Å². The van der Waals surface area contributed by atoms with Gasteiger partial charge in [0.05, 0.1) is 5.69 Å². The number of aryl methyl sites for hydroxylation is 2. The lowest BCUT2D eigenvalue weighted by Crippen LogP contribution is -2.25. The summed E-state index contributed by atoms with van der Waals surface area (Å²) < 4.78 is 17.0. The molecule has 0 fully saturated rings. The van der Waals surface area contributed by atoms with Gasteiger partial charge in [-0.05, 0) is 43.7 Å². The zero-order valence-corrected chi connectivity index (χ0v) is 15.2. The van der Waals surface area contributed by atoms with Crippen LogP contribution in [0.2, 0.25) is 0 Å². The Morgan fingerprint density at radius 2 is 2.00 bits per heavy atom. The Kier molecular flexibility index (Phi) is 3.51. The second-order valence-electron chi connectivity index (χ2n) is 6.83. The van der Waals surface area contributed by atoms with Gasteiger partial charge in [-0.1, -0.05) is 12.1 Å². The predicted molar refractivity (Wildman–Crippen MR) is 98.9 cm³/mol. The maximum absolute atomic E-state index is 13.8. The van der Waals surface area contributed by atoms with Gasteiger partial charge in [0, 0.05) is 17.9 Å². The van der Waals surface area contributed by atoms with E-state index in [0.29, 0.717) is 23.1 Å². The second kappa shape index (κ2) is 5.95. The van der Waals surface area contributed by atoms with Gasteiger partial charge in [0.15, 0.2) is 17.3 Å². The fourth-order valence-electron chi connectivity index (χ4n) is 3.72. The van der Waals surface area contributed by atoms with Gasteiger partial charge in [0.2, 0.25) is 5.91 Å². The van der Waals surface area contributed by atoms with Crippen molar-refractivity contribution in [2.75, 3.05) is 5.32 Å². The van der Waals surface area contributed by atoms with Crippen LogP contribution >= 0.6 is 0 Å². The number of aromatic nitrogens is 6. The standard InChI is InChI=1S/C19H16FN7O/c1-10-18-14(12-4-3-5-13(20)8-12)9-17(28)21-19(18)27(24-10)16-7-6-15-23-22-11(2)26(15)25-16/h3-8,14H,9H2,1-2H3,(H,21,28)/t14-/m0/s1. The number of carbonyl (C=O) groups is 1. The number of benzene rings is 1. The highest BCUT2D eigenvalue weighted by Gasteiger charge is 2.33. The molecule has 0 saturated carbocycles. The summed E-state index contributed by atoms with van der Waals surface area (Å²) in [5, 5.41) is 20.1. The summed E-state index contributed by atoms with van der Waals surface area (Å²) in [6, 6.07) is 9.91. The molecule has 0 aliphatic carbocycles. The predicted octanol–water partition coefficient (Wildman–Crippen LogP) is 2.54. The lowest BCUT2D eigenvalue weighted by Gasteiger charge is -2.24. The molecule has 5 rings (SSSR count). The lowest BCUT2D eigenvalue weighted by atomic mass is 9.86. The van der Waals surface area contributed by atoms with E-state index < -0.39 is 0 Å².